The Bertz CT molecular complexity index is 585. The Hall–Kier alpha value is -2.47. The molecule has 3 heteroatoms. The van der Waals surface area contributed by atoms with Gasteiger partial charge in [-0.2, -0.15) is 5.26 Å². The van der Waals surface area contributed by atoms with E-state index in [0.717, 1.165) is 22.6 Å². The number of rotatable bonds is 6. The first kappa shape index (κ1) is 14.0. The summed E-state index contributed by atoms with van der Waals surface area (Å²) < 4.78 is 5.60. The third-order valence-corrected chi connectivity index (χ3v) is 2.99. The Morgan fingerprint density at radius 1 is 1.10 bits per heavy atom. The Labute approximate surface area is 119 Å². The van der Waals surface area contributed by atoms with E-state index in [4.69, 9.17) is 10.00 Å². The average molecular weight is 266 g/mol. The van der Waals surface area contributed by atoms with Crippen LogP contribution in [0.4, 0.5) is 5.69 Å². The van der Waals surface area contributed by atoms with Gasteiger partial charge in [-0.3, -0.25) is 0 Å². The van der Waals surface area contributed by atoms with Crippen molar-refractivity contribution >= 4 is 5.69 Å². The van der Waals surface area contributed by atoms with Crippen molar-refractivity contribution in [2.24, 2.45) is 0 Å². The molecule has 1 N–H and O–H groups in total. The van der Waals surface area contributed by atoms with E-state index in [2.05, 4.69) is 17.5 Å². The van der Waals surface area contributed by atoms with Crippen LogP contribution in [0.2, 0.25) is 0 Å². The number of nitriles is 1. The van der Waals surface area contributed by atoms with Gasteiger partial charge in [0.2, 0.25) is 0 Å². The quantitative estimate of drug-likeness (QED) is 0.865. The number of nitrogens with zero attached hydrogens (tertiary/aromatic N) is 1. The normalized spacial score (nSPS) is 9.80. The molecule has 0 aromatic heterocycles. The van der Waals surface area contributed by atoms with Gasteiger partial charge in [0, 0.05) is 17.8 Å². The molecule has 3 nitrogen and oxygen atoms in total. The molecule has 0 saturated heterocycles. The summed E-state index contributed by atoms with van der Waals surface area (Å²) in [4.78, 5) is 0. The molecule has 0 atom stereocenters. The van der Waals surface area contributed by atoms with E-state index in [-0.39, 0.29) is 0 Å². The van der Waals surface area contributed by atoms with Gasteiger partial charge in [-0.15, -0.1) is 0 Å². The Kier molecular flexibility index (Phi) is 5.02. The SMILES string of the molecule is CCOc1ccccc1CNc1ccc(CC#N)cc1. The fourth-order valence-corrected chi connectivity index (χ4v) is 1.98. The molecule has 2 aromatic rings. The molecular weight excluding hydrogens is 248 g/mol. The minimum absolute atomic E-state index is 0.452. The highest BCUT2D eigenvalue weighted by Gasteiger charge is 2.02. The van der Waals surface area contributed by atoms with Crippen LogP contribution >= 0.6 is 0 Å². The summed E-state index contributed by atoms with van der Waals surface area (Å²) in [7, 11) is 0. The van der Waals surface area contributed by atoms with E-state index in [9.17, 15) is 0 Å². The molecule has 0 unspecified atom stereocenters. The number of nitrogens with one attached hydrogen (secondary N) is 1. The highest BCUT2D eigenvalue weighted by atomic mass is 16.5. The van der Waals surface area contributed by atoms with Crippen LogP contribution in [0.1, 0.15) is 18.1 Å². The maximum atomic E-state index is 8.64. The summed E-state index contributed by atoms with van der Waals surface area (Å²) in [6, 6.07) is 18.1. The number of ether oxygens (including phenoxy) is 1. The fourth-order valence-electron chi connectivity index (χ4n) is 1.98. The van der Waals surface area contributed by atoms with Gasteiger partial charge in [-0.05, 0) is 30.7 Å². The summed E-state index contributed by atoms with van der Waals surface area (Å²) in [6.45, 7) is 3.37. The molecule has 0 spiro atoms. The van der Waals surface area contributed by atoms with Crippen molar-refractivity contribution in [3.8, 4) is 11.8 Å². The average Bonchev–Trinajstić information content (AvgIpc) is 2.48. The molecule has 0 saturated carbocycles. The second-order valence-electron chi connectivity index (χ2n) is 4.43. The molecule has 102 valence electrons. The van der Waals surface area contributed by atoms with Gasteiger partial charge in [-0.25, -0.2) is 0 Å². The Morgan fingerprint density at radius 3 is 2.55 bits per heavy atom. The zero-order chi connectivity index (χ0) is 14.2. The standard InChI is InChI=1S/C17H18N2O/c1-2-20-17-6-4-3-5-15(17)13-19-16-9-7-14(8-10-16)11-12-18/h3-10,19H,2,11,13H2,1H3. The lowest BCUT2D eigenvalue weighted by atomic mass is 10.1. The number of hydrogen-bond donors (Lipinski definition) is 1. The first-order valence-electron chi connectivity index (χ1n) is 6.74. The maximum absolute atomic E-state index is 8.64. The summed E-state index contributed by atoms with van der Waals surface area (Å²) in [5.74, 6) is 0.920. The smallest absolute Gasteiger partial charge is 0.124 e. The number of hydrogen-bond acceptors (Lipinski definition) is 3. The van der Waals surface area contributed by atoms with E-state index >= 15 is 0 Å². The maximum Gasteiger partial charge on any atom is 0.124 e. The van der Waals surface area contributed by atoms with Gasteiger partial charge in [-0.1, -0.05) is 30.3 Å². The molecule has 0 heterocycles. The van der Waals surface area contributed by atoms with Crippen molar-refractivity contribution in [2.45, 2.75) is 19.9 Å². The van der Waals surface area contributed by atoms with Crippen molar-refractivity contribution in [2.75, 3.05) is 11.9 Å². The van der Waals surface area contributed by atoms with Crippen LogP contribution in [-0.4, -0.2) is 6.61 Å². The Balaban J connectivity index is 2.00. The van der Waals surface area contributed by atoms with Crippen LogP contribution in [0.15, 0.2) is 48.5 Å². The summed E-state index contributed by atoms with van der Waals surface area (Å²) in [5, 5.41) is 12.0. The highest BCUT2D eigenvalue weighted by Crippen LogP contribution is 2.19. The third-order valence-electron chi connectivity index (χ3n) is 2.99. The van der Waals surface area contributed by atoms with E-state index in [0.29, 0.717) is 19.6 Å². The zero-order valence-electron chi connectivity index (χ0n) is 11.6. The van der Waals surface area contributed by atoms with Crippen LogP contribution in [0.5, 0.6) is 5.75 Å². The van der Waals surface area contributed by atoms with E-state index in [1.165, 1.54) is 0 Å². The predicted molar refractivity (Wildman–Crippen MR) is 80.7 cm³/mol. The highest BCUT2D eigenvalue weighted by molar-refractivity contribution is 5.46. The lowest BCUT2D eigenvalue weighted by molar-refractivity contribution is 0.337. The molecule has 2 rings (SSSR count). The minimum Gasteiger partial charge on any atom is -0.494 e. The van der Waals surface area contributed by atoms with Gasteiger partial charge in [0.25, 0.3) is 0 Å². The van der Waals surface area contributed by atoms with E-state index in [1.54, 1.807) is 0 Å². The van der Waals surface area contributed by atoms with Gasteiger partial charge in [0.1, 0.15) is 5.75 Å². The third kappa shape index (κ3) is 3.76. The van der Waals surface area contributed by atoms with Crippen molar-refractivity contribution in [3.63, 3.8) is 0 Å². The number of anilines is 1. The monoisotopic (exact) mass is 266 g/mol. The predicted octanol–water partition coefficient (Wildman–Crippen LogP) is 3.76. The molecule has 2 aromatic carbocycles. The first-order chi connectivity index (χ1) is 9.83. The van der Waals surface area contributed by atoms with Gasteiger partial charge in [0.15, 0.2) is 0 Å². The van der Waals surface area contributed by atoms with Crippen LogP contribution < -0.4 is 10.1 Å². The lowest BCUT2D eigenvalue weighted by Gasteiger charge is -2.11. The lowest BCUT2D eigenvalue weighted by Crippen LogP contribution is -2.03. The Morgan fingerprint density at radius 2 is 1.85 bits per heavy atom. The van der Waals surface area contributed by atoms with E-state index < -0.39 is 0 Å². The second-order valence-corrected chi connectivity index (χ2v) is 4.43. The van der Waals surface area contributed by atoms with Crippen LogP contribution in [0, 0.1) is 11.3 Å². The summed E-state index contributed by atoms with van der Waals surface area (Å²) >= 11 is 0. The van der Waals surface area contributed by atoms with Crippen molar-refractivity contribution < 1.29 is 4.74 Å². The number of benzene rings is 2. The van der Waals surface area contributed by atoms with Crippen molar-refractivity contribution in [3.05, 3.63) is 59.7 Å². The molecule has 0 amide bonds. The molecule has 0 fully saturated rings. The molecule has 0 aliphatic rings. The summed E-state index contributed by atoms with van der Waals surface area (Å²) in [5.41, 5.74) is 3.21. The van der Waals surface area contributed by atoms with Crippen LogP contribution in [0.25, 0.3) is 0 Å². The molecule has 0 bridgehead atoms. The minimum atomic E-state index is 0.452. The van der Waals surface area contributed by atoms with Gasteiger partial charge < -0.3 is 10.1 Å². The number of para-hydroxylation sites is 1. The van der Waals surface area contributed by atoms with Crippen molar-refractivity contribution in [1.29, 1.82) is 5.26 Å². The molecular formula is C17H18N2O. The second kappa shape index (κ2) is 7.20. The van der Waals surface area contributed by atoms with Gasteiger partial charge in [0.05, 0.1) is 19.1 Å². The fraction of sp³-hybridized carbons (Fsp3) is 0.235. The molecule has 0 aliphatic heterocycles. The molecule has 0 aliphatic carbocycles. The summed E-state index contributed by atoms with van der Waals surface area (Å²) in [6.07, 6.45) is 0.452. The topological polar surface area (TPSA) is 45.0 Å². The first-order valence-corrected chi connectivity index (χ1v) is 6.74. The molecule has 20 heavy (non-hydrogen) atoms. The van der Waals surface area contributed by atoms with Crippen LogP contribution in [-0.2, 0) is 13.0 Å². The zero-order valence-corrected chi connectivity index (χ0v) is 11.6. The largest absolute Gasteiger partial charge is 0.494 e. The van der Waals surface area contributed by atoms with Gasteiger partial charge >= 0.3 is 0 Å². The molecule has 0 radical (unpaired) electrons. The van der Waals surface area contributed by atoms with E-state index in [1.807, 2.05) is 49.4 Å². The van der Waals surface area contributed by atoms with Crippen molar-refractivity contribution in [1.82, 2.24) is 0 Å². The van der Waals surface area contributed by atoms with Crippen LogP contribution in [0.3, 0.4) is 0 Å².